The third-order valence-electron chi connectivity index (χ3n) is 8.89. The molecule has 1 saturated heterocycles. The number of nitrogens with zero attached hydrogens (tertiary/aromatic N) is 1. The molecule has 3 fully saturated rings. The summed E-state index contributed by atoms with van der Waals surface area (Å²) < 4.78 is 38.7. The van der Waals surface area contributed by atoms with Crippen molar-refractivity contribution < 1.29 is 41.9 Å². The number of hydrogen-bond acceptors (Lipinski definition) is 9. The van der Waals surface area contributed by atoms with Gasteiger partial charge in [0.1, 0.15) is 29.3 Å². The van der Waals surface area contributed by atoms with Gasteiger partial charge in [0.25, 0.3) is 5.91 Å². The lowest BCUT2D eigenvalue weighted by atomic mass is 10.0. The summed E-state index contributed by atoms with van der Waals surface area (Å²) in [6.07, 6.45) is 6.10. The molecule has 2 aliphatic heterocycles. The van der Waals surface area contributed by atoms with Crippen molar-refractivity contribution in [1.82, 2.24) is 20.3 Å². The van der Waals surface area contributed by atoms with Crippen LogP contribution in [-0.4, -0.2) is 84.2 Å². The van der Waals surface area contributed by atoms with Crippen molar-refractivity contribution in [2.75, 3.05) is 6.54 Å². The largest absolute Gasteiger partial charge is 0.457 e. The number of alkyl carbamates (subject to hydrolysis) is 1. The summed E-state index contributed by atoms with van der Waals surface area (Å²) in [5.74, 6) is -3.22. The number of ether oxygens (including phenoxy) is 2. The molecule has 13 nitrogen and oxygen atoms in total. The standard InChI is InChI=1S/C33H43ClN4O9S/c1-32(2,3)47-31(43)35-25-10-8-6-4-5-7-9-21-18-33(21,30(42)37-48(44,45)24-15-16-24)36-27(39)26-17-23(19-38(26)28(25)40)46-29(41)20-11-13-22(34)14-12-20/h7,9,11-14,21,23-26H,4-6,8,10,15-19H2,1-3H3,(H,35,43)(H,36,39)(H,37,42)/b9-7+. The quantitative estimate of drug-likeness (QED) is 0.296. The Morgan fingerprint density at radius 2 is 1.75 bits per heavy atom. The van der Waals surface area contributed by atoms with E-state index in [-0.39, 0.29) is 31.4 Å². The van der Waals surface area contributed by atoms with Gasteiger partial charge in [0.15, 0.2) is 0 Å². The van der Waals surface area contributed by atoms with Crippen LogP contribution in [0.2, 0.25) is 5.02 Å². The van der Waals surface area contributed by atoms with Crippen LogP contribution in [-0.2, 0) is 33.9 Å². The molecule has 0 bridgehead atoms. The summed E-state index contributed by atoms with van der Waals surface area (Å²) in [7, 11) is -3.90. The predicted octanol–water partition coefficient (Wildman–Crippen LogP) is 3.36. The number of halogens is 1. The van der Waals surface area contributed by atoms with Gasteiger partial charge in [-0.3, -0.25) is 19.1 Å². The van der Waals surface area contributed by atoms with E-state index < -0.39 is 80.3 Å². The predicted molar refractivity (Wildman–Crippen MR) is 175 cm³/mol. The molecule has 4 aliphatic rings. The first kappa shape index (κ1) is 35.7. The molecule has 5 unspecified atom stereocenters. The van der Waals surface area contributed by atoms with Crippen LogP contribution < -0.4 is 15.4 Å². The fourth-order valence-electron chi connectivity index (χ4n) is 6.10. The van der Waals surface area contributed by atoms with Crippen molar-refractivity contribution in [3.05, 3.63) is 47.0 Å². The maximum atomic E-state index is 14.2. The Labute approximate surface area is 285 Å². The molecule has 4 amide bonds. The van der Waals surface area contributed by atoms with Crippen LogP contribution in [0.25, 0.3) is 0 Å². The van der Waals surface area contributed by atoms with Crippen molar-refractivity contribution in [1.29, 1.82) is 0 Å². The molecular weight excluding hydrogens is 664 g/mol. The molecule has 5 atom stereocenters. The first-order valence-electron chi connectivity index (χ1n) is 16.4. The fourth-order valence-corrected chi connectivity index (χ4v) is 7.59. The van der Waals surface area contributed by atoms with Crippen molar-refractivity contribution in [2.24, 2.45) is 5.92 Å². The number of nitrogens with one attached hydrogen (secondary N) is 3. The second-order valence-corrected chi connectivity index (χ2v) is 16.4. The van der Waals surface area contributed by atoms with Crippen molar-refractivity contribution in [3.63, 3.8) is 0 Å². The molecule has 0 aromatic heterocycles. The average molecular weight is 707 g/mol. The summed E-state index contributed by atoms with van der Waals surface area (Å²) in [4.78, 5) is 68.8. The lowest BCUT2D eigenvalue weighted by Crippen LogP contribution is -2.58. The minimum Gasteiger partial charge on any atom is -0.457 e. The second kappa shape index (κ2) is 14.1. The number of amides is 4. The molecule has 262 valence electrons. The van der Waals surface area contributed by atoms with Gasteiger partial charge in [0, 0.05) is 17.4 Å². The second-order valence-electron chi connectivity index (χ2n) is 14.0. The topological polar surface area (TPSA) is 177 Å². The Bertz CT molecular complexity index is 1570. The van der Waals surface area contributed by atoms with Crippen LogP contribution in [0, 0.1) is 5.92 Å². The van der Waals surface area contributed by atoms with E-state index in [9.17, 15) is 32.4 Å². The number of sulfonamides is 1. The minimum absolute atomic E-state index is 0.0887. The first-order valence-corrected chi connectivity index (χ1v) is 18.3. The molecule has 5 rings (SSSR count). The van der Waals surface area contributed by atoms with Crippen LogP contribution in [0.5, 0.6) is 0 Å². The van der Waals surface area contributed by atoms with E-state index in [1.165, 1.54) is 29.2 Å². The van der Waals surface area contributed by atoms with Gasteiger partial charge in [-0.1, -0.05) is 36.6 Å². The molecule has 1 aromatic carbocycles. The Morgan fingerprint density at radius 3 is 2.42 bits per heavy atom. The van der Waals surface area contributed by atoms with E-state index in [1.807, 2.05) is 12.2 Å². The molecule has 0 spiro atoms. The molecule has 48 heavy (non-hydrogen) atoms. The number of rotatable bonds is 6. The van der Waals surface area contributed by atoms with Crippen LogP contribution in [0.15, 0.2) is 36.4 Å². The van der Waals surface area contributed by atoms with E-state index in [0.29, 0.717) is 30.7 Å². The smallest absolute Gasteiger partial charge is 0.408 e. The SMILES string of the molecule is CC(C)(C)OC(=O)NC1CCCCC/C=C/C2CC2(C(=O)NS(=O)(=O)C2CC2)NC(=O)C2CC(OC(=O)c3ccc(Cl)cc3)CN2C1=O. The number of carbonyl (C=O) groups excluding carboxylic acids is 5. The normalized spacial score (nSPS) is 28.8. The number of carbonyl (C=O) groups is 5. The Kier molecular flexibility index (Phi) is 10.4. The Morgan fingerprint density at radius 1 is 1.04 bits per heavy atom. The van der Waals surface area contributed by atoms with Gasteiger partial charge < -0.3 is 25.0 Å². The minimum atomic E-state index is -3.90. The average Bonchev–Trinajstić information content (AvgIpc) is 3.92. The van der Waals surface area contributed by atoms with Crippen LogP contribution in [0.1, 0.15) is 88.9 Å². The molecule has 2 heterocycles. The molecule has 1 aromatic rings. The molecule has 2 aliphatic carbocycles. The number of benzene rings is 1. The van der Waals surface area contributed by atoms with Gasteiger partial charge in [-0.2, -0.15) is 0 Å². The third kappa shape index (κ3) is 8.68. The highest BCUT2D eigenvalue weighted by Crippen LogP contribution is 2.46. The summed E-state index contributed by atoms with van der Waals surface area (Å²) in [6.45, 7) is 4.95. The summed E-state index contributed by atoms with van der Waals surface area (Å²) in [5, 5.41) is 5.24. The van der Waals surface area contributed by atoms with E-state index in [0.717, 1.165) is 12.8 Å². The number of fused-ring (bicyclic) bond motifs is 2. The highest BCUT2D eigenvalue weighted by atomic mass is 35.5. The maximum absolute atomic E-state index is 14.2. The molecule has 0 radical (unpaired) electrons. The van der Waals surface area contributed by atoms with Crippen molar-refractivity contribution >= 4 is 51.4 Å². The van der Waals surface area contributed by atoms with E-state index in [1.54, 1.807) is 20.8 Å². The van der Waals surface area contributed by atoms with E-state index in [4.69, 9.17) is 21.1 Å². The van der Waals surface area contributed by atoms with Gasteiger partial charge >= 0.3 is 12.1 Å². The van der Waals surface area contributed by atoms with Crippen molar-refractivity contribution in [3.8, 4) is 0 Å². The summed E-state index contributed by atoms with van der Waals surface area (Å²) in [5.41, 5.74) is -2.13. The molecule has 15 heteroatoms. The van der Waals surface area contributed by atoms with Crippen molar-refractivity contribution in [2.45, 2.75) is 113 Å². The zero-order valence-electron chi connectivity index (χ0n) is 27.3. The lowest BCUT2D eigenvalue weighted by Gasteiger charge is -2.30. The third-order valence-corrected chi connectivity index (χ3v) is 11.0. The van der Waals surface area contributed by atoms with Crippen LogP contribution >= 0.6 is 11.6 Å². The first-order chi connectivity index (χ1) is 22.6. The fraction of sp³-hybridized carbons (Fsp3) is 0.606. The highest BCUT2D eigenvalue weighted by Gasteiger charge is 2.62. The van der Waals surface area contributed by atoms with E-state index >= 15 is 0 Å². The van der Waals surface area contributed by atoms with Gasteiger partial charge in [-0.05, 0) is 83.6 Å². The molecule has 2 saturated carbocycles. The Balaban J connectivity index is 1.42. The molecule has 3 N–H and O–H groups in total. The number of hydrogen-bond donors (Lipinski definition) is 3. The zero-order valence-corrected chi connectivity index (χ0v) is 28.9. The van der Waals surface area contributed by atoms with Gasteiger partial charge in [0.2, 0.25) is 21.8 Å². The van der Waals surface area contributed by atoms with Gasteiger partial charge in [-0.15, -0.1) is 0 Å². The zero-order chi connectivity index (χ0) is 34.9. The Hall–Kier alpha value is -3.65. The molecular formula is C33H43ClN4O9S. The summed E-state index contributed by atoms with van der Waals surface area (Å²) in [6, 6.07) is 3.83. The lowest BCUT2D eigenvalue weighted by molar-refractivity contribution is -0.141. The van der Waals surface area contributed by atoms with Gasteiger partial charge in [-0.25, -0.2) is 18.0 Å². The van der Waals surface area contributed by atoms with Crippen LogP contribution in [0.4, 0.5) is 4.79 Å². The maximum Gasteiger partial charge on any atom is 0.408 e. The monoisotopic (exact) mass is 706 g/mol. The number of allylic oxidation sites excluding steroid dienone is 1. The highest BCUT2D eigenvalue weighted by molar-refractivity contribution is 7.91. The number of esters is 1. The summed E-state index contributed by atoms with van der Waals surface area (Å²) >= 11 is 5.95. The van der Waals surface area contributed by atoms with Gasteiger partial charge in [0.05, 0.1) is 17.4 Å². The van der Waals surface area contributed by atoms with E-state index in [2.05, 4.69) is 15.4 Å². The van der Waals surface area contributed by atoms with Crippen LogP contribution in [0.3, 0.4) is 0 Å².